The van der Waals surface area contributed by atoms with E-state index in [0.29, 0.717) is 39.0 Å². The van der Waals surface area contributed by atoms with Crippen molar-refractivity contribution in [1.82, 2.24) is 31.9 Å². The zero-order chi connectivity index (χ0) is 68.1. The number of ether oxygens (including phenoxy) is 9. The summed E-state index contributed by atoms with van der Waals surface area (Å²) < 4.78 is 49.1. The first-order chi connectivity index (χ1) is 43.6. The Bertz CT molecular complexity index is 2050. The molecule has 4 atom stereocenters. The lowest BCUT2D eigenvalue weighted by Crippen LogP contribution is -2.39. The van der Waals surface area contributed by atoms with Crippen molar-refractivity contribution in [3.05, 3.63) is 0 Å². The summed E-state index contributed by atoms with van der Waals surface area (Å²) >= 11 is 0. The van der Waals surface area contributed by atoms with Gasteiger partial charge >= 0.3 is 65.7 Å². The minimum Gasteiger partial charge on any atom is -0.481 e. The molecule has 0 aromatic carbocycles. The summed E-state index contributed by atoms with van der Waals surface area (Å²) in [6.07, 6.45) is 3.74. The zero-order valence-electron chi connectivity index (χ0n) is 55.7. The SMILES string of the molecule is CCCNCCC(=O)OCC(CC)(COC(=O)CCNCCC)COC(=O)CCNCCOC(=O)CCOC(=O)C(C)CC(CC(CC(CC)C(=O)OCCNCCC(=O)OCC(CC)(COC(=O)CCNCCC)COC(=O)CCNCCC)C(=O)O)C(=O)O. The van der Waals surface area contributed by atoms with Crippen LogP contribution >= 0.6 is 0 Å². The number of aliphatic carboxylic acids is 2. The molecular weight excluding hydrogens is 1190 g/mol. The van der Waals surface area contributed by atoms with Gasteiger partial charge in [0.2, 0.25) is 0 Å². The predicted molar refractivity (Wildman–Crippen MR) is 334 cm³/mol. The molecule has 0 saturated heterocycles. The normalized spacial score (nSPS) is 12.7. The molecule has 0 heterocycles. The monoisotopic (exact) mass is 1300 g/mol. The molecule has 0 aliphatic heterocycles. The minimum absolute atomic E-state index is 0.0561. The summed E-state index contributed by atoms with van der Waals surface area (Å²) in [5.74, 6) is -12.3. The van der Waals surface area contributed by atoms with Gasteiger partial charge in [-0.1, -0.05) is 55.4 Å². The quantitative estimate of drug-likeness (QED) is 0.0244. The van der Waals surface area contributed by atoms with Gasteiger partial charge in [-0.2, -0.15) is 0 Å². The first kappa shape index (κ1) is 84.9. The second-order valence-corrected chi connectivity index (χ2v) is 22.8. The molecule has 91 heavy (non-hydrogen) atoms. The molecule has 0 aromatic heterocycles. The number of nitrogens with one attached hydrogen (secondary N) is 6. The molecule has 8 N–H and O–H groups in total. The van der Waals surface area contributed by atoms with Crippen molar-refractivity contribution in [2.24, 2.45) is 34.5 Å². The molecule has 526 valence electrons. The second kappa shape index (κ2) is 53.4. The molecule has 0 amide bonds. The van der Waals surface area contributed by atoms with Gasteiger partial charge in [-0.25, -0.2) is 0 Å². The standard InChI is InChI=1S/C63H112N6O22/c1-9-23-64-27-16-51(70)86-41-62(14-6,42-87-52(71)17-28-65-24-10-2)45-90-55(74)20-31-68-33-36-83-57(76)22-35-84-60(81)47(8)38-49(58(77)78)40-50(59(79)80)39-48(13-5)61(82)85-37-34-69-32-21-56(75)91-46-63(15-7,43-88-53(72)18-29-66-25-11-3)44-89-54(73)19-30-67-26-12-4/h47-50,64-69H,9-46H2,1-8H3,(H,77,78)(H,79,80). The molecule has 28 nitrogen and oxygen atoms in total. The lowest BCUT2D eigenvalue weighted by Gasteiger charge is -2.31. The van der Waals surface area contributed by atoms with E-state index in [1.165, 1.54) is 6.92 Å². The van der Waals surface area contributed by atoms with Gasteiger partial charge in [0, 0.05) is 52.4 Å². The van der Waals surface area contributed by atoms with E-state index >= 15 is 0 Å². The molecule has 0 aliphatic carbocycles. The smallest absolute Gasteiger partial charge is 0.309 e. The maximum atomic E-state index is 13.1. The fourth-order valence-electron chi connectivity index (χ4n) is 8.56. The van der Waals surface area contributed by atoms with E-state index in [9.17, 15) is 63.0 Å². The maximum Gasteiger partial charge on any atom is 0.309 e. The van der Waals surface area contributed by atoms with Crippen LogP contribution in [0, 0.1) is 34.5 Å². The van der Waals surface area contributed by atoms with E-state index in [2.05, 4.69) is 31.9 Å². The Morgan fingerprint density at radius 1 is 0.319 bits per heavy atom. The lowest BCUT2D eigenvalue weighted by molar-refractivity contribution is -0.164. The van der Waals surface area contributed by atoms with Gasteiger partial charge in [-0.15, -0.1) is 0 Å². The zero-order valence-corrected chi connectivity index (χ0v) is 55.7. The Morgan fingerprint density at radius 3 is 0.890 bits per heavy atom. The summed E-state index contributed by atoms with van der Waals surface area (Å²) in [6.45, 7) is 18.7. The molecule has 0 rings (SSSR count). The number of hydrogen-bond acceptors (Lipinski definition) is 26. The Balaban J connectivity index is 5.00. The lowest BCUT2D eigenvalue weighted by atomic mass is 9.82. The number of carbonyl (C=O) groups excluding carboxylic acids is 9. The summed E-state index contributed by atoms with van der Waals surface area (Å²) in [7, 11) is 0. The van der Waals surface area contributed by atoms with Crippen LogP contribution in [-0.4, -0.2) is 214 Å². The Kier molecular flexibility index (Phi) is 49.9. The highest BCUT2D eigenvalue weighted by molar-refractivity contribution is 5.78. The van der Waals surface area contributed by atoms with E-state index in [1.54, 1.807) is 6.92 Å². The molecule has 0 bridgehead atoms. The van der Waals surface area contributed by atoms with Crippen molar-refractivity contribution >= 4 is 65.7 Å². The number of carboxylic acid groups (broad SMARTS) is 2. The van der Waals surface area contributed by atoms with Crippen LogP contribution in [0.15, 0.2) is 0 Å². The number of carboxylic acids is 2. The summed E-state index contributed by atoms with van der Waals surface area (Å²) in [5, 5.41) is 38.7. The minimum atomic E-state index is -1.35. The second-order valence-electron chi connectivity index (χ2n) is 22.8. The first-order valence-electron chi connectivity index (χ1n) is 32.7. The summed E-state index contributed by atoms with van der Waals surface area (Å²) in [5.41, 5.74) is -1.96. The van der Waals surface area contributed by atoms with Gasteiger partial charge in [0.1, 0.15) is 59.5 Å². The van der Waals surface area contributed by atoms with Crippen LogP contribution in [0.1, 0.15) is 165 Å². The predicted octanol–water partition coefficient (Wildman–Crippen LogP) is 3.81. The van der Waals surface area contributed by atoms with Gasteiger partial charge in [0.15, 0.2) is 0 Å². The molecule has 0 aliphatic rings. The number of hydrogen-bond donors (Lipinski definition) is 8. The first-order valence-corrected chi connectivity index (χ1v) is 32.7. The fraction of sp³-hybridized carbons (Fsp3) is 0.825. The molecule has 0 saturated carbocycles. The average Bonchev–Trinajstić information content (AvgIpc) is 2.42. The van der Waals surface area contributed by atoms with Crippen LogP contribution < -0.4 is 31.9 Å². The highest BCUT2D eigenvalue weighted by Crippen LogP contribution is 2.29. The highest BCUT2D eigenvalue weighted by Gasteiger charge is 2.37. The number of rotatable bonds is 60. The highest BCUT2D eigenvalue weighted by atomic mass is 16.6. The summed E-state index contributed by atoms with van der Waals surface area (Å²) in [6, 6.07) is 0. The Labute approximate surface area is 538 Å². The van der Waals surface area contributed by atoms with Gasteiger partial charge < -0.3 is 84.7 Å². The van der Waals surface area contributed by atoms with Crippen LogP contribution in [0.5, 0.6) is 0 Å². The van der Waals surface area contributed by atoms with E-state index in [-0.39, 0.29) is 150 Å². The Hall–Kier alpha value is -6.07. The average molecular weight is 1310 g/mol. The van der Waals surface area contributed by atoms with Crippen molar-refractivity contribution in [2.75, 3.05) is 138 Å². The van der Waals surface area contributed by atoms with Gasteiger partial charge in [-0.3, -0.25) is 52.7 Å². The van der Waals surface area contributed by atoms with Crippen LogP contribution in [0.4, 0.5) is 0 Å². The van der Waals surface area contributed by atoms with E-state index in [1.807, 2.05) is 41.5 Å². The molecular formula is C63H112N6O22. The number of carbonyl (C=O) groups is 11. The summed E-state index contributed by atoms with van der Waals surface area (Å²) in [4.78, 5) is 139. The third kappa shape index (κ3) is 43.4. The van der Waals surface area contributed by atoms with E-state index in [4.69, 9.17) is 42.6 Å². The van der Waals surface area contributed by atoms with Crippen LogP contribution in [-0.2, 0) is 95.4 Å². The molecule has 28 heteroatoms. The van der Waals surface area contributed by atoms with Gasteiger partial charge in [0.05, 0.1) is 79.4 Å². The topological polar surface area (TPSA) is 383 Å². The molecule has 0 radical (unpaired) electrons. The molecule has 4 unspecified atom stereocenters. The van der Waals surface area contributed by atoms with Crippen molar-refractivity contribution in [1.29, 1.82) is 0 Å². The molecule has 0 aromatic rings. The third-order valence-electron chi connectivity index (χ3n) is 14.8. The van der Waals surface area contributed by atoms with E-state index in [0.717, 1.165) is 51.9 Å². The third-order valence-corrected chi connectivity index (χ3v) is 14.8. The van der Waals surface area contributed by atoms with Crippen molar-refractivity contribution in [2.45, 2.75) is 165 Å². The van der Waals surface area contributed by atoms with Crippen LogP contribution in [0.2, 0.25) is 0 Å². The number of esters is 9. The Morgan fingerprint density at radius 2 is 0.593 bits per heavy atom. The van der Waals surface area contributed by atoms with Crippen molar-refractivity contribution in [3.8, 4) is 0 Å². The molecule has 0 fully saturated rings. The maximum absolute atomic E-state index is 13.1. The van der Waals surface area contributed by atoms with Crippen LogP contribution in [0.25, 0.3) is 0 Å². The van der Waals surface area contributed by atoms with Crippen molar-refractivity contribution in [3.63, 3.8) is 0 Å². The van der Waals surface area contributed by atoms with E-state index < -0.39 is 107 Å². The van der Waals surface area contributed by atoms with Crippen LogP contribution in [0.3, 0.4) is 0 Å². The van der Waals surface area contributed by atoms with Gasteiger partial charge in [-0.05, 0) is 90.4 Å². The van der Waals surface area contributed by atoms with Crippen molar-refractivity contribution < 1.29 is 106 Å². The van der Waals surface area contributed by atoms with Gasteiger partial charge in [0.25, 0.3) is 0 Å². The molecule has 0 spiro atoms. The fourth-order valence-corrected chi connectivity index (χ4v) is 8.56. The largest absolute Gasteiger partial charge is 0.481 e.